The van der Waals surface area contributed by atoms with Crippen LogP contribution in [0, 0.1) is 0 Å². The van der Waals surface area contributed by atoms with Crippen molar-refractivity contribution in [3.63, 3.8) is 0 Å². The zero-order chi connectivity index (χ0) is 4.24. The Bertz CT molecular complexity index is 77.3. The van der Waals surface area contributed by atoms with E-state index in [1.807, 2.05) is 6.08 Å². The van der Waals surface area contributed by atoms with Crippen molar-refractivity contribution in [2.45, 2.75) is 0 Å². The molecule has 0 aromatic heterocycles. The van der Waals surface area contributed by atoms with Crippen molar-refractivity contribution >= 4 is 0 Å². The summed E-state index contributed by atoms with van der Waals surface area (Å²) in [6, 6.07) is 0. The Morgan fingerprint density at radius 1 is 1.12 bits per heavy atom. The van der Waals surface area contributed by atoms with E-state index in [9.17, 15) is 0 Å². The maximum atomic E-state index is 4.55. The second-order valence-corrected chi connectivity index (χ2v) is 0.923. The van der Waals surface area contributed by atoms with Gasteiger partial charge in [0.05, 0.1) is 0 Å². The van der Waals surface area contributed by atoms with Crippen molar-refractivity contribution in [1.82, 2.24) is 5.48 Å². The molecule has 1 aliphatic heterocycles. The van der Waals surface area contributed by atoms with Crippen molar-refractivity contribution in [3.05, 3.63) is 24.6 Å². The highest BCUT2D eigenvalue weighted by molar-refractivity contribution is 5.00. The smallest absolute Gasteiger partial charge is 0.119 e. The van der Waals surface area contributed by atoms with Gasteiger partial charge >= 0.3 is 0 Å². The van der Waals surface area contributed by atoms with E-state index in [1.165, 1.54) is 0 Å². The molecule has 48 valence electrons. The first kappa shape index (κ1) is 10.1. The van der Waals surface area contributed by atoms with Gasteiger partial charge in [0, 0.05) is 6.20 Å². The molecule has 1 aliphatic rings. The second kappa shape index (κ2) is 6.00. The van der Waals surface area contributed by atoms with Crippen LogP contribution < -0.4 is 5.48 Å². The van der Waals surface area contributed by atoms with Crippen LogP contribution in [-0.2, 0) is 4.84 Å². The molecule has 0 aromatic carbocycles. The molecule has 0 bridgehead atoms. The van der Waals surface area contributed by atoms with Crippen LogP contribution in [0.2, 0.25) is 0 Å². The first-order valence-electron chi connectivity index (χ1n) is 1.73. The highest BCUT2D eigenvalue weighted by Gasteiger charge is 1.72. The molecular formula is C4H9NO3. The fourth-order valence-corrected chi connectivity index (χ4v) is 0.258. The van der Waals surface area contributed by atoms with Gasteiger partial charge in [0.15, 0.2) is 0 Å². The van der Waals surface area contributed by atoms with E-state index < -0.39 is 0 Å². The average molecular weight is 119 g/mol. The van der Waals surface area contributed by atoms with Crippen LogP contribution in [0.25, 0.3) is 0 Å². The topological polar surface area (TPSA) is 84.3 Å². The van der Waals surface area contributed by atoms with Crippen LogP contribution in [0.3, 0.4) is 0 Å². The van der Waals surface area contributed by atoms with Gasteiger partial charge in [-0.05, 0) is 12.2 Å². The minimum Gasteiger partial charge on any atom is -0.412 e. The van der Waals surface area contributed by atoms with Gasteiger partial charge in [0.2, 0.25) is 0 Å². The zero-order valence-corrected chi connectivity index (χ0v) is 4.22. The molecule has 0 fully saturated rings. The number of hydrogen-bond acceptors (Lipinski definition) is 2. The third-order valence-corrected chi connectivity index (χ3v) is 0.490. The van der Waals surface area contributed by atoms with Gasteiger partial charge in [0.25, 0.3) is 0 Å². The Balaban J connectivity index is 0. The normalized spacial score (nSPS) is 12.0. The average Bonchev–Trinajstić information content (AvgIpc) is 1.72. The molecule has 1 heterocycles. The number of hydroxylamine groups is 1. The Morgan fingerprint density at radius 3 is 2.00 bits per heavy atom. The third-order valence-electron chi connectivity index (χ3n) is 0.490. The minimum atomic E-state index is 0. The minimum absolute atomic E-state index is 0. The molecule has 8 heavy (non-hydrogen) atoms. The van der Waals surface area contributed by atoms with Gasteiger partial charge in [-0.3, -0.25) is 0 Å². The van der Waals surface area contributed by atoms with Gasteiger partial charge in [-0.15, -0.1) is 0 Å². The number of allylic oxidation sites excluding steroid dienone is 2. The Kier molecular flexibility index (Phi) is 7.56. The van der Waals surface area contributed by atoms with E-state index in [-0.39, 0.29) is 11.0 Å². The molecule has 0 radical (unpaired) electrons. The van der Waals surface area contributed by atoms with E-state index in [4.69, 9.17) is 0 Å². The molecule has 1 rings (SSSR count). The summed E-state index contributed by atoms with van der Waals surface area (Å²) in [7, 11) is 0. The van der Waals surface area contributed by atoms with Crippen LogP contribution in [0.1, 0.15) is 0 Å². The lowest BCUT2D eigenvalue weighted by atomic mass is 10.6. The summed E-state index contributed by atoms with van der Waals surface area (Å²) < 4.78 is 0. The maximum absolute atomic E-state index is 4.55. The summed E-state index contributed by atoms with van der Waals surface area (Å²) in [6.07, 6.45) is 6.93. The van der Waals surface area contributed by atoms with E-state index in [1.54, 1.807) is 18.5 Å². The summed E-state index contributed by atoms with van der Waals surface area (Å²) in [5, 5.41) is 0. The number of rotatable bonds is 0. The Morgan fingerprint density at radius 2 is 1.88 bits per heavy atom. The molecule has 0 saturated carbocycles. The molecule has 0 saturated heterocycles. The summed E-state index contributed by atoms with van der Waals surface area (Å²) in [5.74, 6) is 0. The lowest BCUT2D eigenvalue weighted by Gasteiger charge is -1.97. The predicted octanol–water partition coefficient (Wildman–Crippen LogP) is -1.10. The molecule has 4 nitrogen and oxygen atoms in total. The Hall–Kier alpha value is -1.00. The van der Waals surface area contributed by atoms with Gasteiger partial charge < -0.3 is 15.8 Å². The lowest BCUT2D eigenvalue weighted by Crippen LogP contribution is -2.01. The van der Waals surface area contributed by atoms with Crippen LogP contribution in [-0.4, -0.2) is 11.0 Å². The quantitative estimate of drug-likeness (QED) is 0.439. The van der Waals surface area contributed by atoms with E-state index in [0.29, 0.717) is 0 Å². The molecule has 0 spiro atoms. The van der Waals surface area contributed by atoms with Crippen LogP contribution in [0.15, 0.2) is 24.6 Å². The fraction of sp³-hybridized carbons (Fsp3) is 0. The summed E-state index contributed by atoms with van der Waals surface area (Å²) >= 11 is 0. The second-order valence-electron chi connectivity index (χ2n) is 0.923. The van der Waals surface area contributed by atoms with Crippen molar-refractivity contribution < 1.29 is 15.8 Å². The monoisotopic (exact) mass is 119 g/mol. The van der Waals surface area contributed by atoms with Crippen LogP contribution in [0.4, 0.5) is 0 Å². The first-order valence-corrected chi connectivity index (χ1v) is 1.73. The summed E-state index contributed by atoms with van der Waals surface area (Å²) in [6.45, 7) is 0. The van der Waals surface area contributed by atoms with Crippen molar-refractivity contribution in [1.29, 1.82) is 0 Å². The SMILES string of the molecule is C1=CNOC=C1.O.O. The molecule has 5 N–H and O–H groups in total. The standard InChI is InChI=1S/C4H5NO.2H2O/c1-2-4-6-5-3-1;;/h1-5H;2*1H2. The highest BCUT2D eigenvalue weighted by atomic mass is 16.6. The number of nitrogens with one attached hydrogen (secondary N) is 1. The number of hydrogen-bond donors (Lipinski definition) is 1. The highest BCUT2D eigenvalue weighted by Crippen LogP contribution is 1.80. The van der Waals surface area contributed by atoms with E-state index in [2.05, 4.69) is 10.3 Å². The van der Waals surface area contributed by atoms with Crippen LogP contribution >= 0.6 is 0 Å². The Labute approximate surface area is 47.0 Å². The summed E-state index contributed by atoms with van der Waals surface area (Å²) in [4.78, 5) is 4.55. The maximum Gasteiger partial charge on any atom is 0.119 e. The molecular weight excluding hydrogens is 110 g/mol. The fourth-order valence-electron chi connectivity index (χ4n) is 0.258. The van der Waals surface area contributed by atoms with Gasteiger partial charge in [-0.25, -0.2) is 5.48 Å². The molecule has 0 amide bonds. The van der Waals surface area contributed by atoms with Crippen molar-refractivity contribution in [2.24, 2.45) is 0 Å². The molecule has 4 heteroatoms. The predicted molar refractivity (Wildman–Crippen MR) is 29.7 cm³/mol. The molecule has 0 aliphatic carbocycles. The van der Waals surface area contributed by atoms with Crippen LogP contribution in [0.5, 0.6) is 0 Å². The van der Waals surface area contributed by atoms with Crippen molar-refractivity contribution in [3.8, 4) is 0 Å². The molecule has 0 aromatic rings. The van der Waals surface area contributed by atoms with Gasteiger partial charge in [-0.2, -0.15) is 0 Å². The van der Waals surface area contributed by atoms with E-state index >= 15 is 0 Å². The van der Waals surface area contributed by atoms with Crippen molar-refractivity contribution in [2.75, 3.05) is 0 Å². The van der Waals surface area contributed by atoms with Gasteiger partial charge in [-0.1, -0.05) is 0 Å². The largest absolute Gasteiger partial charge is 0.412 e. The van der Waals surface area contributed by atoms with E-state index in [0.717, 1.165) is 0 Å². The first-order chi connectivity index (χ1) is 3.00. The van der Waals surface area contributed by atoms with Gasteiger partial charge in [0.1, 0.15) is 6.26 Å². The lowest BCUT2D eigenvalue weighted by molar-refractivity contribution is 0.172. The third kappa shape index (κ3) is 3.20. The zero-order valence-electron chi connectivity index (χ0n) is 4.22. The molecule has 0 atom stereocenters. The summed E-state index contributed by atoms with van der Waals surface area (Å²) in [5.41, 5.74) is 2.52. The molecule has 0 unspecified atom stereocenters.